The Labute approximate surface area is 168 Å². The van der Waals surface area contributed by atoms with E-state index in [4.69, 9.17) is 23.2 Å². The number of carbonyl (C=O) groups excluding carboxylic acids is 1. The molecule has 2 aromatic carbocycles. The highest BCUT2D eigenvalue weighted by molar-refractivity contribution is 7.13. The largest absolute Gasteiger partial charge is 0.322 e. The van der Waals surface area contributed by atoms with E-state index in [0.29, 0.717) is 26.6 Å². The number of anilines is 1. The van der Waals surface area contributed by atoms with Crippen LogP contribution in [0.25, 0.3) is 15.9 Å². The molecule has 0 aliphatic carbocycles. The van der Waals surface area contributed by atoms with Gasteiger partial charge in [0, 0.05) is 16.9 Å². The highest BCUT2D eigenvalue weighted by Gasteiger charge is 2.15. The van der Waals surface area contributed by atoms with E-state index >= 15 is 0 Å². The molecule has 8 heteroatoms. The van der Waals surface area contributed by atoms with Gasteiger partial charge in [-0.1, -0.05) is 23.2 Å². The number of nitrogens with zero attached hydrogens (tertiary/aromatic N) is 2. The number of rotatable bonds is 3. The number of pyridine rings is 1. The zero-order valence-corrected chi connectivity index (χ0v) is 16.0. The lowest BCUT2D eigenvalue weighted by molar-refractivity contribution is 0.102. The molecule has 2 heterocycles. The Bertz CT molecular complexity index is 1220. The first-order chi connectivity index (χ1) is 13.0. The molecule has 0 radical (unpaired) electrons. The van der Waals surface area contributed by atoms with Crippen LogP contribution in [0.4, 0.5) is 5.69 Å². The lowest BCUT2D eigenvalue weighted by Crippen LogP contribution is -2.15. The van der Waals surface area contributed by atoms with Crippen molar-refractivity contribution in [3.05, 3.63) is 86.8 Å². The first-order valence-electron chi connectivity index (χ1n) is 7.87. The minimum atomic E-state index is -0.378. The van der Waals surface area contributed by atoms with Gasteiger partial charge in [0.2, 0.25) is 0 Å². The van der Waals surface area contributed by atoms with Gasteiger partial charge in [-0.05, 0) is 66.1 Å². The average molecular weight is 416 g/mol. The van der Waals surface area contributed by atoms with Gasteiger partial charge in [-0.2, -0.15) is 0 Å². The topological polar surface area (TPSA) is 64.0 Å². The van der Waals surface area contributed by atoms with Crippen LogP contribution in [0.2, 0.25) is 10.0 Å². The molecule has 5 nitrogen and oxygen atoms in total. The second-order valence-electron chi connectivity index (χ2n) is 5.67. The van der Waals surface area contributed by atoms with Crippen molar-refractivity contribution in [2.24, 2.45) is 0 Å². The Morgan fingerprint density at radius 3 is 2.59 bits per heavy atom. The summed E-state index contributed by atoms with van der Waals surface area (Å²) in [7, 11) is 0. The molecule has 27 heavy (non-hydrogen) atoms. The molecular formula is C19H11Cl2N3O2S. The molecule has 0 aliphatic heterocycles. The summed E-state index contributed by atoms with van der Waals surface area (Å²) in [5.41, 5.74) is 1.22. The van der Waals surface area contributed by atoms with Gasteiger partial charge in [0.15, 0.2) is 0 Å². The quantitative estimate of drug-likeness (QED) is 0.511. The van der Waals surface area contributed by atoms with Gasteiger partial charge in [-0.3, -0.25) is 9.59 Å². The van der Waals surface area contributed by atoms with Crippen molar-refractivity contribution < 1.29 is 4.79 Å². The second kappa shape index (κ2) is 7.15. The molecule has 0 fully saturated rings. The molecule has 0 atom stereocenters. The van der Waals surface area contributed by atoms with Crippen molar-refractivity contribution in [1.29, 1.82) is 0 Å². The van der Waals surface area contributed by atoms with Gasteiger partial charge >= 0.3 is 0 Å². The molecule has 0 saturated heterocycles. The smallest absolute Gasteiger partial charge is 0.274 e. The Morgan fingerprint density at radius 2 is 1.85 bits per heavy atom. The van der Waals surface area contributed by atoms with E-state index in [1.165, 1.54) is 15.5 Å². The van der Waals surface area contributed by atoms with Gasteiger partial charge in [0.25, 0.3) is 11.5 Å². The van der Waals surface area contributed by atoms with E-state index in [1.807, 2.05) is 0 Å². The summed E-state index contributed by atoms with van der Waals surface area (Å²) in [5.74, 6) is -0.378. The van der Waals surface area contributed by atoms with Crippen LogP contribution >= 0.6 is 34.7 Å². The molecule has 0 saturated carbocycles. The third-order valence-electron chi connectivity index (χ3n) is 3.89. The summed E-state index contributed by atoms with van der Waals surface area (Å²) < 4.78 is 1.49. The number of nitrogens with one attached hydrogen (secondary N) is 1. The standard InChI is InChI=1S/C19H11Cl2N3O2S/c20-11-3-5-12(6-4-11)23-17(25)15-10-13(7-8-16(15)21)24-19(26)14-2-1-9-22-18(14)27-24/h1-10H,(H,23,25). The second-order valence-corrected chi connectivity index (χ2v) is 7.45. The third-order valence-corrected chi connectivity index (χ3v) is 5.53. The van der Waals surface area contributed by atoms with Crippen LogP contribution in [0.1, 0.15) is 10.4 Å². The van der Waals surface area contributed by atoms with Gasteiger partial charge in [0.1, 0.15) is 4.83 Å². The van der Waals surface area contributed by atoms with Crippen LogP contribution < -0.4 is 10.9 Å². The number of amides is 1. The minimum Gasteiger partial charge on any atom is -0.322 e. The molecule has 134 valence electrons. The van der Waals surface area contributed by atoms with Crippen LogP contribution in [-0.2, 0) is 0 Å². The highest BCUT2D eigenvalue weighted by Crippen LogP contribution is 2.24. The van der Waals surface area contributed by atoms with E-state index in [1.54, 1.807) is 60.8 Å². The monoisotopic (exact) mass is 415 g/mol. The SMILES string of the molecule is O=C(Nc1ccc(Cl)cc1)c1cc(-n2sc3ncccc3c2=O)ccc1Cl. The molecule has 0 spiro atoms. The van der Waals surface area contributed by atoms with Crippen molar-refractivity contribution in [3.63, 3.8) is 0 Å². The van der Waals surface area contributed by atoms with Crippen LogP contribution in [0.15, 0.2) is 65.6 Å². The number of fused-ring (bicyclic) bond motifs is 1. The average Bonchev–Trinajstić information content (AvgIpc) is 3.01. The van der Waals surface area contributed by atoms with E-state index in [2.05, 4.69) is 10.3 Å². The van der Waals surface area contributed by atoms with Crippen molar-refractivity contribution in [1.82, 2.24) is 8.94 Å². The fourth-order valence-corrected chi connectivity index (χ4v) is 3.84. The Balaban J connectivity index is 1.72. The molecule has 4 rings (SSSR count). The van der Waals surface area contributed by atoms with E-state index in [-0.39, 0.29) is 22.1 Å². The maximum atomic E-state index is 12.6. The Morgan fingerprint density at radius 1 is 1.07 bits per heavy atom. The summed E-state index contributed by atoms with van der Waals surface area (Å²) in [5, 5.41) is 4.16. The first kappa shape index (κ1) is 17.7. The number of halogens is 2. The molecular weight excluding hydrogens is 405 g/mol. The van der Waals surface area contributed by atoms with E-state index in [9.17, 15) is 9.59 Å². The van der Waals surface area contributed by atoms with Crippen LogP contribution in [0.3, 0.4) is 0 Å². The number of aromatic nitrogens is 2. The van der Waals surface area contributed by atoms with Gasteiger partial charge in [-0.25, -0.2) is 8.94 Å². The predicted molar refractivity (Wildman–Crippen MR) is 110 cm³/mol. The number of hydrogen-bond acceptors (Lipinski definition) is 4. The maximum Gasteiger partial charge on any atom is 0.274 e. The van der Waals surface area contributed by atoms with Gasteiger partial charge in [-0.15, -0.1) is 0 Å². The lowest BCUT2D eigenvalue weighted by Gasteiger charge is -2.09. The molecule has 1 N–H and O–H groups in total. The normalized spacial score (nSPS) is 10.9. The minimum absolute atomic E-state index is 0.186. The predicted octanol–water partition coefficient (Wildman–Crippen LogP) is 5.01. The Kier molecular flexibility index (Phi) is 4.70. The third kappa shape index (κ3) is 3.47. The van der Waals surface area contributed by atoms with Crippen molar-refractivity contribution >= 4 is 56.5 Å². The molecule has 4 aromatic rings. The van der Waals surface area contributed by atoms with Crippen molar-refractivity contribution in [2.75, 3.05) is 5.32 Å². The Hall–Kier alpha value is -2.67. The fourth-order valence-electron chi connectivity index (χ4n) is 2.58. The van der Waals surface area contributed by atoms with Crippen LogP contribution in [-0.4, -0.2) is 14.8 Å². The van der Waals surface area contributed by atoms with Crippen LogP contribution in [0.5, 0.6) is 0 Å². The van der Waals surface area contributed by atoms with E-state index < -0.39 is 0 Å². The van der Waals surface area contributed by atoms with Crippen molar-refractivity contribution in [2.45, 2.75) is 0 Å². The summed E-state index contributed by atoms with van der Waals surface area (Å²) >= 11 is 13.3. The molecule has 0 aliphatic rings. The molecule has 1 amide bonds. The summed E-state index contributed by atoms with van der Waals surface area (Å²) in [6.07, 6.45) is 1.63. The zero-order chi connectivity index (χ0) is 19.0. The zero-order valence-electron chi connectivity index (χ0n) is 13.6. The number of benzene rings is 2. The number of hydrogen-bond donors (Lipinski definition) is 1. The van der Waals surface area contributed by atoms with Gasteiger partial charge < -0.3 is 5.32 Å². The summed E-state index contributed by atoms with van der Waals surface area (Å²) in [6.45, 7) is 0. The molecule has 0 bridgehead atoms. The molecule has 0 unspecified atom stereocenters. The summed E-state index contributed by atoms with van der Waals surface area (Å²) in [6, 6.07) is 15.1. The van der Waals surface area contributed by atoms with Gasteiger partial charge in [0.05, 0.1) is 21.7 Å². The lowest BCUT2D eigenvalue weighted by atomic mass is 10.1. The highest BCUT2D eigenvalue weighted by atomic mass is 35.5. The summed E-state index contributed by atoms with van der Waals surface area (Å²) in [4.78, 5) is 30.1. The first-order valence-corrected chi connectivity index (χ1v) is 9.40. The maximum absolute atomic E-state index is 12.6. The molecule has 2 aromatic heterocycles. The fraction of sp³-hybridized carbons (Fsp3) is 0. The number of carbonyl (C=O) groups is 1. The van der Waals surface area contributed by atoms with Crippen LogP contribution in [0, 0.1) is 0 Å². The van der Waals surface area contributed by atoms with E-state index in [0.717, 1.165) is 0 Å². The van der Waals surface area contributed by atoms with Crippen molar-refractivity contribution in [3.8, 4) is 5.69 Å².